The molecular formula is C49H88NO8P. The van der Waals surface area contributed by atoms with E-state index < -0.39 is 26.5 Å². The lowest BCUT2D eigenvalue weighted by molar-refractivity contribution is -0.147. The number of amides is 1. The molecule has 342 valence electrons. The van der Waals surface area contributed by atoms with Crippen LogP contribution in [0.15, 0.2) is 60.8 Å². The second kappa shape index (κ2) is 45.2. The van der Waals surface area contributed by atoms with Crippen molar-refractivity contribution >= 4 is 19.7 Å². The topological polar surface area (TPSA) is 131 Å². The first kappa shape index (κ1) is 56.7. The van der Waals surface area contributed by atoms with Crippen LogP contribution in [0, 0.1) is 0 Å². The molecule has 59 heavy (non-hydrogen) atoms. The Hall–Kier alpha value is -2.29. The molecule has 10 heteroatoms. The van der Waals surface area contributed by atoms with Crippen LogP contribution >= 0.6 is 7.82 Å². The first-order chi connectivity index (χ1) is 28.8. The summed E-state index contributed by atoms with van der Waals surface area (Å²) < 4.78 is 26.9. The van der Waals surface area contributed by atoms with Crippen LogP contribution in [-0.2, 0) is 27.9 Å². The Morgan fingerprint density at radius 2 is 0.966 bits per heavy atom. The molecule has 0 bridgehead atoms. The van der Waals surface area contributed by atoms with Gasteiger partial charge in [0.05, 0.1) is 13.2 Å². The lowest BCUT2D eigenvalue weighted by Gasteiger charge is -2.15. The summed E-state index contributed by atoms with van der Waals surface area (Å²) in [5, 5.41) is 12.7. The van der Waals surface area contributed by atoms with E-state index in [9.17, 15) is 24.2 Å². The minimum Gasteiger partial charge on any atom is -0.463 e. The summed E-state index contributed by atoms with van der Waals surface area (Å²) in [7, 11) is -4.44. The Kier molecular flexibility index (Phi) is 43.5. The predicted molar refractivity (Wildman–Crippen MR) is 247 cm³/mol. The van der Waals surface area contributed by atoms with Crippen LogP contribution in [0.2, 0.25) is 0 Å². The third-order valence-corrected chi connectivity index (χ3v) is 10.9. The van der Waals surface area contributed by atoms with E-state index in [-0.39, 0.29) is 32.1 Å². The highest BCUT2D eigenvalue weighted by Gasteiger charge is 2.23. The predicted octanol–water partition coefficient (Wildman–Crippen LogP) is 13.7. The first-order valence-electron chi connectivity index (χ1n) is 23.8. The van der Waals surface area contributed by atoms with Gasteiger partial charge in [0.25, 0.3) is 0 Å². The summed E-state index contributed by atoms with van der Waals surface area (Å²) in [5.74, 6) is -0.573. The van der Waals surface area contributed by atoms with Crippen molar-refractivity contribution < 1.29 is 37.9 Å². The van der Waals surface area contributed by atoms with Gasteiger partial charge in [-0.05, 0) is 51.4 Å². The molecule has 9 nitrogen and oxygen atoms in total. The highest BCUT2D eigenvalue weighted by molar-refractivity contribution is 7.47. The molecule has 2 unspecified atom stereocenters. The first-order valence-corrected chi connectivity index (χ1v) is 25.3. The van der Waals surface area contributed by atoms with Gasteiger partial charge in [0, 0.05) is 19.4 Å². The molecule has 0 aliphatic carbocycles. The number of ether oxygens (including phenoxy) is 1. The minimum atomic E-state index is -4.44. The molecule has 1 amide bonds. The molecule has 0 spiro atoms. The summed E-state index contributed by atoms with van der Waals surface area (Å²) in [6, 6.07) is 0. The molecule has 0 aromatic heterocycles. The van der Waals surface area contributed by atoms with Gasteiger partial charge in [-0.15, -0.1) is 0 Å². The molecule has 0 aliphatic rings. The number of aliphatic hydroxyl groups is 1. The third-order valence-electron chi connectivity index (χ3n) is 9.96. The zero-order chi connectivity index (χ0) is 43.2. The van der Waals surface area contributed by atoms with Gasteiger partial charge >= 0.3 is 13.8 Å². The largest absolute Gasteiger partial charge is 0.472 e. The van der Waals surface area contributed by atoms with Gasteiger partial charge in [0.1, 0.15) is 12.7 Å². The molecule has 3 N–H and O–H groups in total. The maximum absolute atomic E-state index is 12.1. The fourth-order valence-electron chi connectivity index (χ4n) is 6.42. The Balaban J connectivity index is 3.62. The van der Waals surface area contributed by atoms with Crippen molar-refractivity contribution in [3.05, 3.63) is 60.8 Å². The average molecular weight is 850 g/mol. The Labute approximate surface area is 361 Å². The lowest BCUT2D eigenvalue weighted by Crippen LogP contribution is -2.27. The van der Waals surface area contributed by atoms with Crippen molar-refractivity contribution in [2.75, 3.05) is 26.4 Å². The van der Waals surface area contributed by atoms with Crippen LogP contribution < -0.4 is 5.32 Å². The zero-order valence-electron chi connectivity index (χ0n) is 37.7. The van der Waals surface area contributed by atoms with Crippen molar-refractivity contribution in [3.8, 4) is 0 Å². The molecule has 0 fully saturated rings. The normalized spacial score (nSPS) is 13.8. The number of hydrogen-bond acceptors (Lipinski definition) is 7. The van der Waals surface area contributed by atoms with E-state index in [4.69, 9.17) is 13.8 Å². The van der Waals surface area contributed by atoms with Gasteiger partial charge in [-0.1, -0.05) is 203 Å². The van der Waals surface area contributed by atoms with Crippen molar-refractivity contribution in [2.45, 2.75) is 213 Å². The molecule has 0 radical (unpaired) electrons. The number of phosphoric ester groups is 1. The number of hydrogen-bond donors (Lipinski definition) is 3. The van der Waals surface area contributed by atoms with Gasteiger partial charge in [0.15, 0.2) is 0 Å². The van der Waals surface area contributed by atoms with E-state index in [1.54, 1.807) is 0 Å². The highest BCUT2D eigenvalue weighted by Crippen LogP contribution is 2.42. The van der Waals surface area contributed by atoms with Crippen LogP contribution in [0.5, 0.6) is 0 Å². The van der Waals surface area contributed by atoms with Crippen LogP contribution in [0.4, 0.5) is 0 Å². The number of carbonyl (C=O) groups excluding carboxylic acids is 2. The second-order valence-corrected chi connectivity index (χ2v) is 17.2. The number of unbranched alkanes of at least 4 members (excludes halogenated alkanes) is 21. The van der Waals surface area contributed by atoms with E-state index in [1.165, 1.54) is 116 Å². The smallest absolute Gasteiger partial charge is 0.463 e. The summed E-state index contributed by atoms with van der Waals surface area (Å²) >= 11 is 0. The number of esters is 1. The van der Waals surface area contributed by atoms with Crippen LogP contribution in [0.3, 0.4) is 0 Å². The van der Waals surface area contributed by atoms with Gasteiger partial charge in [0.2, 0.25) is 5.91 Å². The molecule has 0 saturated heterocycles. The van der Waals surface area contributed by atoms with E-state index in [0.717, 1.165) is 57.8 Å². The summed E-state index contributed by atoms with van der Waals surface area (Å²) in [6.45, 7) is 3.39. The quantitative estimate of drug-likeness (QED) is 0.0239. The molecule has 0 rings (SSSR count). The SMILES string of the molecule is CC/C=C\C/C=C\C/C=C\C/C=C\C/C=C\CCCC(=O)NCCOP(=O)(O)OCC(O)COC(=O)CCCCCCCCCCCCCCCCCCCCCCC. The average Bonchev–Trinajstić information content (AvgIpc) is 3.22. The summed E-state index contributed by atoms with van der Waals surface area (Å²) in [6.07, 6.45) is 54.5. The Bertz CT molecular complexity index is 1150. The maximum Gasteiger partial charge on any atom is 0.472 e. The number of rotatable bonds is 44. The van der Waals surface area contributed by atoms with Crippen molar-refractivity contribution in [1.82, 2.24) is 5.32 Å². The maximum atomic E-state index is 12.1. The molecule has 0 saturated carbocycles. The number of carbonyl (C=O) groups is 2. The second-order valence-electron chi connectivity index (χ2n) is 15.7. The molecule has 0 aliphatic heterocycles. The van der Waals surface area contributed by atoms with Gasteiger partial charge in [-0.3, -0.25) is 18.6 Å². The van der Waals surface area contributed by atoms with E-state index >= 15 is 0 Å². The van der Waals surface area contributed by atoms with Gasteiger partial charge < -0.3 is 20.1 Å². The zero-order valence-corrected chi connectivity index (χ0v) is 38.6. The number of nitrogens with one attached hydrogen (secondary N) is 1. The van der Waals surface area contributed by atoms with Crippen LogP contribution in [0.25, 0.3) is 0 Å². The standard InChI is InChI=1S/C49H88NO8P/c1-3-5-7-9-11-13-15-17-19-21-22-23-24-26-28-30-32-34-36-38-40-42-49(53)56-45-47(51)46-58-59(54,55)57-44-43-50-48(52)41-39-37-35-33-31-29-27-25-20-18-16-14-12-10-8-6-4-2/h6,8,12,14,18,20,27,29,33,35,47,51H,3-5,7,9-11,13,15-17,19,21-26,28,30-32,34,36-46H2,1-2H3,(H,50,52)(H,54,55)/b8-6-,14-12-,20-18-,29-27-,35-33-. The molecule has 0 heterocycles. The number of phosphoric acid groups is 1. The monoisotopic (exact) mass is 850 g/mol. The van der Waals surface area contributed by atoms with E-state index in [0.29, 0.717) is 12.8 Å². The molecule has 0 aromatic rings. The highest BCUT2D eigenvalue weighted by atomic mass is 31.2. The summed E-state index contributed by atoms with van der Waals surface area (Å²) in [4.78, 5) is 34.0. The van der Waals surface area contributed by atoms with Crippen molar-refractivity contribution in [1.29, 1.82) is 0 Å². The Morgan fingerprint density at radius 1 is 0.542 bits per heavy atom. The Morgan fingerprint density at radius 3 is 1.42 bits per heavy atom. The third kappa shape index (κ3) is 46.6. The van der Waals surface area contributed by atoms with Gasteiger partial charge in [-0.25, -0.2) is 4.57 Å². The van der Waals surface area contributed by atoms with Crippen LogP contribution in [-0.4, -0.2) is 54.3 Å². The fourth-order valence-corrected chi connectivity index (χ4v) is 7.17. The number of aliphatic hydroxyl groups excluding tert-OH is 1. The molecule has 0 aromatic carbocycles. The van der Waals surface area contributed by atoms with Crippen LogP contribution in [0.1, 0.15) is 206 Å². The van der Waals surface area contributed by atoms with Crippen molar-refractivity contribution in [3.63, 3.8) is 0 Å². The molecular weight excluding hydrogens is 762 g/mol. The van der Waals surface area contributed by atoms with Crippen molar-refractivity contribution in [2.24, 2.45) is 0 Å². The lowest BCUT2D eigenvalue weighted by atomic mass is 10.0. The summed E-state index contributed by atoms with van der Waals surface area (Å²) in [5.41, 5.74) is 0. The molecule has 2 atom stereocenters. The van der Waals surface area contributed by atoms with Gasteiger partial charge in [-0.2, -0.15) is 0 Å². The minimum absolute atomic E-state index is 0.0497. The number of allylic oxidation sites excluding steroid dienone is 10. The van der Waals surface area contributed by atoms with E-state index in [2.05, 4.69) is 79.9 Å². The van der Waals surface area contributed by atoms with E-state index in [1.807, 2.05) is 0 Å². The fraction of sp³-hybridized carbons (Fsp3) is 0.755.